The van der Waals surface area contributed by atoms with E-state index in [1.165, 1.54) is 10.5 Å². The lowest BCUT2D eigenvalue weighted by Crippen LogP contribution is -2.37. The SMILES string of the molecule is Cc1nn(C)c2ncc(S(=O)(=O)N(CCN)CCc3ccccc3)cc12.Cl. The molecule has 0 bridgehead atoms. The lowest BCUT2D eigenvalue weighted by Gasteiger charge is -2.21. The van der Waals surface area contributed by atoms with Gasteiger partial charge in [0.15, 0.2) is 5.65 Å². The number of hydrogen-bond acceptors (Lipinski definition) is 5. The van der Waals surface area contributed by atoms with Crippen LogP contribution in [0.2, 0.25) is 0 Å². The maximum absolute atomic E-state index is 13.1. The minimum Gasteiger partial charge on any atom is -0.329 e. The van der Waals surface area contributed by atoms with Gasteiger partial charge in [-0.3, -0.25) is 4.68 Å². The summed E-state index contributed by atoms with van der Waals surface area (Å²) in [6.07, 6.45) is 2.02. The van der Waals surface area contributed by atoms with Crippen LogP contribution in [0, 0.1) is 6.92 Å². The fraction of sp³-hybridized carbons (Fsp3) is 0.333. The standard InChI is InChI=1S/C18H23N5O2S.ClH/c1-14-17-12-16(13-20-18(17)22(2)21-14)26(24,25)23(11-9-19)10-8-15-6-4-3-5-7-15;/h3-7,12-13H,8-11,19H2,1-2H3;1H. The van der Waals surface area contributed by atoms with Crippen molar-refractivity contribution in [3.8, 4) is 0 Å². The molecular formula is C18H24ClN5O2S. The molecule has 2 aromatic heterocycles. The van der Waals surface area contributed by atoms with Crippen LogP contribution in [0.1, 0.15) is 11.3 Å². The van der Waals surface area contributed by atoms with E-state index in [4.69, 9.17) is 5.73 Å². The molecule has 0 unspecified atom stereocenters. The molecule has 0 aliphatic heterocycles. The Hall–Kier alpha value is -2.00. The number of fused-ring (bicyclic) bond motifs is 1. The molecule has 0 spiro atoms. The number of hydrogen-bond donors (Lipinski definition) is 1. The van der Waals surface area contributed by atoms with Crippen molar-refractivity contribution < 1.29 is 8.42 Å². The Morgan fingerprint density at radius 3 is 2.56 bits per heavy atom. The Morgan fingerprint density at radius 1 is 1.19 bits per heavy atom. The van der Waals surface area contributed by atoms with Gasteiger partial charge in [0.25, 0.3) is 0 Å². The van der Waals surface area contributed by atoms with Gasteiger partial charge in [0.05, 0.1) is 5.69 Å². The van der Waals surface area contributed by atoms with Gasteiger partial charge in [-0.05, 0) is 25.0 Å². The van der Waals surface area contributed by atoms with Crippen LogP contribution in [0.5, 0.6) is 0 Å². The molecule has 2 N–H and O–H groups in total. The molecule has 0 amide bonds. The highest BCUT2D eigenvalue weighted by Crippen LogP contribution is 2.22. The number of aryl methyl sites for hydroxylation is 2. The molecule has 0 atom stereocenters. The number of benzene rings is 1. The molecule has 9 heteroatoms. The fourth-order valence-corrected chi connectivity index (χ4v) is 4.40. The Balaban J connectivity index is 0.00000261. The maximum Gasteiger partial charge on any atom is 0.244 e. The van der Waals surface area contributed by atoms with E-state index in [9.17, 15) is 8.42 Å². The zero-order valence-corrected chi connectivity index (χ0v) is 17.0. The first kappa shape index (κ1) is 21.3. The molecule has 1 aromatic carbocycles. The van der Waals surface area contributed by atoms with E-state index in [2.05, 4.69) is 10.1 Å². The van der Waals surface area contributed by atoms with Crippen LogP contribution >= 0.6 is 12.4 Å². The normalized spacial score (nSPS) is 11.7. The van der Waals surface area contributed by atoms with Crippen LogP contribution in [0.3, 0.4) is 0 Å². The molecule has 2 heterocycles. The number of aromatic nitrogens is 3. The van der Waals surface area contributed by atoms with Gasteiger partial charge < -0.3 is 5.73 Å². The van der Waals surface area contributed by atoms with Crippen LogP contribution in [-0.2, 0) is 23.5 Å². The quantitative estimate of drug-likeness (QED) is 0.643. The lowest BCUT2D eigenvalue weighted by molar-refractivity contribution is 0.421. The van der Waals surface area contributed by atoms with Gasteiger partial charge >= 0.3 is 0 Å². The predicted molar refractivity (Wildman–Crippen MR) is 108 cm³/mol. The van der Waals surface area contributed by atoms with Gasteiger partial charge in [-0.25, -0.2) is 13.4 Å². The van der Waals surface area contributed by atoms with Crippen molar-refractivity contribution in [3.05, 3.63) is 53.9 Å². The lowest BCUT2D eigenvalue weighted by atomic mass is 10.1. The fourth-order valence-electron chi connectivity index (χ4n) is 2.97. The highest BCUT2D eigenvalue weighted by atomic mass is 35.5. The molecule has 0 fully saturated rings. The van der Waals surface area contributed by atoms with Crippen molar-refractivity contribution >= 4 is 33.5 Å². The minimum absolute atomic E-state index is 0. The first-order chi connectivity index (χ1) is 12.4. The van der Waals surface area contributed by atoms with Gasteiger partial charge in [-0.1, -0.05) is 30.3 Å². The third kappa shape index (κ3) is 4.47. The summed E-state index contributed by atoms with van der Waals surface area (Å²) in [5, 5.41) is 5.04. The van der Waals surface area contributed by atoms with Crippen LogP contribution < -0.4 is 5.73 Å². The number of halogens is 1. The predicted octanol–water partition coefficient (Wildman–Crippen LogP) is 1.89. The summed E-state index contributed by atoms with van der Waals surface area (Å²) in [5.74, 6) is 0. The Labute approximate surface area is 165 Å². The maximum atomic E-state index is 13.1. The molecule has 0 saturated carbocycles. The average Bonchev–Trinajstić information content (AvgIpc) is 2.93. The second-order valence-electron chi connectivity index (χ2n) is 6.18. The first-order valence-corrected chi connectivity index (χ1v) is 9.91. The van der Waals surface area contributed by atoms with E-state index in [-0.39, 0.29) is 30.4 Å². The van der Waals surface area contributed by atoms with E-state index in [1.807, 2.05) is 37.3 Å². The van der Waals surface area contributed by atoms with Crippen LogP contribution in [0.4, 0.5) is 0 Å². The summed E-state index contributed by atoms with van der Waals surface area (Å²) in [6, 6.07) is 11.4. The van der Waals surface area contributed by atoms with Crippen molar-refractivity contribution in [3.63, 3.8) is 0 Å². The van der Waals surface area contributed by atoms with Gasteiger partial charge in [0.2, 0.25) is 10.0 Å². The molecule has 0 radical (unpaired) electrons. The summed E-state index contributed by atoms with van der Waals surface area (Å²) in [7, 11) is -1.89. The monoisotopic (exact) mass is 409 g/mol. The zero-order chi connectivity index (χ0) is 18.7. The summed E-state index contributed by atoms with van der Waals surface area (Å²) >= 11 is 0. The molecule has 7 nitrogen and oxygen atoms in total. The first-order valence-electron chi connectivity index (χ1n) is 8.47. The van der Waals surface area contributed by atoms with Crippen LogP contribution in [-0.4, -0.2) is 47.1 Å². The Morgan fingerprint density at radius 2 is 1.89 bits per heavy atom. The van der Waals surface area contributed by atoms with Gasteiger partial charge in [-0.15, -0.1) is 12.4 Å². The van der Waals surface area contributed by atoms with E-state index >= 15 is 0 Å². The van der Waals surface area contributed by atoms with Gasteiger partial charge in [0.1, 0.15) is 4.90 Å². The van der Waals surface area contributed by atoms with Crippen molar-refractivity contribution in [2.45, 2.75) is 18.2 Å². The van der Waals surface area contributed by atoms with Crippen LogP contribution in [0.25, 0.3) is 11.0 Å². The minimum atomic E-state index is -3.68. The number of rotatable bonds is 7. The summed E-state index contributed by atoms with van der Waals surface area (Å²) in [5.41, 5.74) is 8.16. The van der Waals surface area contributed by atoms with E-state index in [0.717, 1.165) is 16.6 Å². The Kier molecular flexibility index (Phi) is 6.94. The molecule has 146 valence electrons. The molecule has 3 aromatic rings. The number of pyridine rings is 1. The topological polar surface area (TPSA) is 94.1 Å². The number of nitrogens with zero attached hydrogens (tertiary/aromatic N) is 4. The molecule has 0 aliphatic carbocycles. The second-order valence-corrected chi connectivity index (χ2v) is 8.12. The molecule has 0 aliphatic rings. The smallest absolute Gasteiger partial charge is 0.244 e. The van der Waals surface area contributed by atoms with Gasteiger partial charge in [0, 0.05) is 38.3 Å². The largest absolute Gasteiger partial charge is 0.329 e. The van der Waals surface area contributed by atoms with E-state index < -0.39 is 10.0 Å². The van der Waals surface area contributed by atoms with Crippen molar-refractivity contribution in [1.29, 1.82) is 0 Å². The van der Waals surface area contributed by atoms with E-state index in [0.29, 0.717) is 18.6 Å². The highest BCUT2D eigenvalue weighted by Gasteiger charge is 2.25. The second kappa shape index (κ2) is 8.79. The molecule has 27 heavy (non-hydrogen) atoms. The number of sulfonamides is 1. The van der Waals surface area contributed by atoms with Crippen molar-refractivity contribution in [1.82, 2.24) is 19.1 Å². The zero-order valence-electron chi connectivity index (χ0n) is 15.4. The van der Waals surface area contributed by atoms with Crippen molar-refractivity contribution in [2.75, 3.05) is 19.6 Å². The molecule has 0 saturated heterocycles. The summed E-state index contributed by atoms with van der Waals surface area (Å²) in [4.78, 5) is 4.46. The summed E-state index contributed by atoms with van der Waals surface area (Å²) in [6.45, 7) is 2.73. The van der Waals surface area contributed by atoms with Crippen LogP contribution in [0.15, 0.2) is 47.5 Å². The third-order valence-electron chi connectivity index (χ3n) is 4.35. The van der Waals surface area contributed by atoms with Gasteiger partial charge in [-0.2, -0.15) is 9.40 Å². The average molecular weight is 410 g/mol. The molecule has 3 rings (SSSR count). The van der Waals surface area contributed by atoms with Crippen molar-refractivity contribution in [2.24, 2.45) is 12.8 Å². The molecular weight excluding hydrogens is 386 g/mol. The highest BCUT2D eigenvalue weighted by molar-refractivity contribution is 7.89. The third-order valence-corrected chi connectivity index (χ3v) is 6.21. The number of nitrogens with two attached hydrogens (primary N) is 1. The van der Waals surface area contributed by atoms with E-state index in [1.54, 1.807) is 17.8 Å². The Bertz CT molecular complexity index is 1010. The summed E-state index contributed by atoms with van der Waals surface area (Å²) < 4.78 is 29.3.